The van der Waals surface area contributed by atoms with E-state index in [2.05, 4.69) is 15.9 Å². The van der Waals surface area contributed by atoms with E-state index in [4.69, 9.17) is 8.83 Å². The smallest absolute Gasteiger partial charge is 0.291 e. The van der Waals surface area contributed by atoms with Crippen molar-refractivity contribution in [3.05, 3.63) is 104 Å². The molecule has 0 N–H and O–H groups in total. The van der Waals surface area contributed by atoms with Gasteiger partial charge in [0.25, 0.3) is 5.91 Å². The Morgan fingerprint density at radius 1 is 1.00 bits per heavy atom. The predicted octanol–water partition coefficient (Wildman–Crippen LogP) is 4.89. The van der Waals surface area contributed by atoms with Crippen LogP contribution in [0.4, 0.5) is 0 Å². The highest BCUT2D eigenvalue weighted by molar-refractivity contribution is 9.10. The summed E-state index contributed by atoms with van der Waals surface area (Å²) in [5.74, 6) is 0.414. The standard InChI is InChI=1S/C22H14BrNO4/c23-14-6-3-5-13(11-14)19-18-20(25)16-8-1-2-9-17(16)28-21(18)22(26)24(19)12-15-7-4-10-27-15/h1-11,19H,12H2/t19-/m1/s1. The van der Waals surface area contributed by atoms with Crippen molar-refractivity contribution in [1.29, 1.82) is 0 Å². The van der Waals surface area contributed by atoms with Gasteiger partial charge >= 0.3 is 0 Å². The van der Waals surface area contributed by atoms with Crippen LogP contribution in [-0.2, 0) is 6.54 Å². The number of fused-ring (bicyclic) bond motifs is 2. The van der Waals surface area contributed by atoms with Gasteiger partial charge in [0.1, 0.15) is 11.3 Å². The highest BCUT2D eigenvalue weighted by Crippen LogP contribution is 2.39. The molecular weight excluding hydrogens is 422 g/mol. The average Bonchev–Trinajstić information content (AvgIpc) is 3.30. The fourth-order valence-electron chi connectivity index (χ4n) is 3.72. The van der Waals surface area contributed by atoms with E-state index in [-0.39, 0.29) is 23.6 Å². The van der Waals surface area contributed by atoms with Gasteiger partial charge in [0, 0.05) is 4.47 Å². The van der Waals surface area contributed by atoms with E-state index in [0.29, 0.717) is 22.3 Å². The Hall–Kier alpha value is -3.12. The minimum atomic E-state index is -0.550. The molecule has 5 nitrogen and oxygen atoms in total. The van der Waals surface area contributed by atoms with E-state index in [1.807, 2.05) is 24.3 Å². The molecule has 0 bridgehead atoms. The van der Waals surface area contributed by atoms with Crippen molar-refractivity contribution in [2.45, 2.75) is 12.6 Å². The predicted molar refractivity (Wildman–Crippen MR) is 107 cm³/mol. The van der Waals surface area contributed by atoms with Gasteiger partial charge in [-0.1, -0.05) is 40.2 Å². The third kappa shape index (κ3) is 2.60. The summed E-state index contributed by atoms with van der Waals surface area (Å²) in [5, 5.41) is 0.467. The lowest BCUT2D eigenvalue weighted by Gasteiger charge is -2.24. The number of rotatable bonds is 3. The van der Waals surface area contributed by atoms with Crippen molar-refractivity contribution in [3.63, 3.8) is 0 Å². The molecule has 1 amide bonds. The summed E-state index contributed by atoms with van der Waals surface area (Å²) >= 11 is 3.48. The van der Waals surface area contributed by atoms with E-state index in [9.17, 15) is 9.59 Å². The number of amides is 1. The first-order chi connectivity index (χ1) is 13.6. The molecule has 0 fully saturated rings. The minimum absolute atomic E-state index is 0.0974. The Kier molecular flexibility index (Phi) is 3.94. The zero-order chi connectivity index (χ0) is 19.3. The van der Waals surface area contributed by atoms with E-state index >= 15 is 0 Å². The van der Waals surface area contributed by atoms with E-state index in [1.54, 1.807) is 47.6 Å². The van der Waals surface area contributed by atoms with Gasteiger partial charge in [-0.05, 0) is 42.0 Å². The van der Waals surface area contributed by atoms with Gasteiger partial charge in [-0.25, -0.2) is 0 Å². The Balaban J connectivity index is 1.76. The van der Waals surface area contributed by atoms with Crippen LogP contribution in [0.3, 0.4) is 0 Å². The van der Waals surface area contributed by atoms with Crippen molar-refractivity contribution in [3.8, 4) is 0 Å². The number of halogens is 1. The lowest BCUT2D eigenvalue weighted by molar-refractivity contribution is 0.0701. The van der Waals surface area contributed by atoms with Crippen LogP contribution >= 0.6 is 15.9 Å². The molecule has 2 aromatic carbocycles. The SMILES string of the molecule is O=C1c2oc3ccccc3c(=O)c2[C@@H](c2cccc(Br)c2)N1Cc1ccco1. The van der Waals surface area contributed by atoms with Crippen molar-refractivity contribution in [1.82, 2.24) is 4.90 Å². The quantitative estimate of drug-likeness (QED) is 0.459. The number of nitrogens with zero attached hydrogens (tertiary/aromatic N) is 1. The molecular formula is C22H14BrNO4. The molecule has 0 radical (unpaired) electrons. The molecule has 3 heterocycles. The van der Waals surface area contributed by atoms with Crippen molar-refractivity contribution in [2.75, 3.05) is 0 Å². The number of carbonyl (C=O) groups excluding carboxylic acids is 1. The van der Waals surface area contributed by atoms with Gasteiger partial charge in [-0.3, -0.25) is 9.59 Å². The van der Waals surface area contributed by atoms with Crippen LogP contribution in [0.2, 0.25) is 0 Å². The molecule has 0 unspecified atom stereocenters. The van der Waals surface area contributed by atoms with Gasteiger partial charge in [-0.15, -0.1) is 0 Å². The molecule has 0 saturated carbocycles. The second-order valence-corrected chi connectivity index (χ2v) is 7.56. The van der Waals surface area contributed by atoms with Crippen molar-refractivity contribution < 1.29 is 13.6 Å². The molecule has 5 rings (SSSR count). The van der Waals surface area contributed by atoms with Crippen LogP contribution in [-0.4, -0.2) is 10.8 Å². The molecule has 138 valence electrons. The Bertz CT molecular complexity index is 1260. The summed E-state index contributed by atoms with van der Waals surface area (Å²) in [5.41, 5.74) is 1.42. The lowest BCUT2D eigenvalue weighted by atomic mass is 9.98. The maximum atomic E-state index is 13.3. The first-order valence-corrected chi connectivity index (χ1v) is 9.57. The van der Waals surface area contributed by atoms with Crippen LogP contribution in [0.1, 0.15) is 33.5 Å². The van der Waals surface area contributed by atoms with Gasteiger partial charge in [0.05, 0.1) is 29.8 Å². The second-order valence-electron chi connectivity index (χ2n) is 6.64. The third-order valence-corrected chi connectivity index (χ3v) is 5.44. The molecule has 6 heteroatoms. The van der Waals surface area contributed by atoms with E-state index in [0.717, 1.165) is 10.0 Å². The number of hydrogen-bond donors (Lipinski definition) is 0. The zero-order valence-electron chi connectivity index (χ0n) is 14.6. The molecule has 28 heavy (non-hydrogen) atoms. The minimum Gasteiger partial charge on any atom is -0.467 e. The van der Waals surface area contributed by atoms with Crippen LogP contribution in [0.5, 0.6) is 0 Å². The Morgan fingerprint density at radius 3 is 2.64 bits per heavy atom. The maximum Gasteiger partial charge on any atom is 0.291 e. The monoisotopic (exact) mass is 435 g/mol. The molecule has 0 spiro atoms. The summed E-state index contributed by atoms with van der Waals surface area (Å²) in [7, 11) is 0. The van der Waals surface area contributed by atoms with Gasteiger partial charge < -0.3 is 13.7 Å². The zero-order valence-corrected chi connectivity index (χ0v) is 16.2. The molecule has 0 aliphatic carbocycles. The first kappa shape index (κ1) is 17.0. The molecule has 1 aliphatic heterocycles. The van der Waals surface area contributed by atoms with Crippen molar-refractivity contribution >= 4 is 32.8 Å². The average molecular weight is 436 g/mol. The molecule has 2 aromatic heterocycles. The van der Waals surface area contributed by atoms with E-state index in [1.165, 1.54) is 0 Å². The summed E-state index contributed by atoms with van der Waals surface area (Å²) in [6, 6.07) is 17.6. The Morgan fingerprint density at radius 2 is 1.86 bits per heavy atom. The highest BCUT2D eigenvalue weighted by Gasteiger charge is 2.43. The van der Waals surface area contributed by atoms with Gasteiger partial charge in [0.2, 0.25) is 5.76 Å². The highest BCUT2D eigenvalue weighted by atomic mass is 79.9. The fraction of sp³-hybridized carbons (Fsp3) is 0.0909. The lowest BCUT2D eigenvalue weighted by Crippen LogP contribution is -2.29. The summed E-state index contributed by atoms with van der Waals surface area (Å²) in [6.07, 6.45) is 1.56. The van der Waals surface area contributed by atoms with Crippen molar-refractivity contribution in [2.24, 2.45) is 0 Å². The summed E-state index contributed by atoms with van der Waals surface area (Å²) in [4.78, 5) is 28.2. The number of benzene rings is 2. The van der Waals surface area contributed by atoms with Crippen LogP contribution < -0.4 is 5.43 Å². The number of carbonyl (C=O) groups is 1. The maximum absolute atomic E-state index is 13.3. The van der Waals surface area contributed by atoms with Crippen LogP contribution in [0.15, 0.2) is 85.0 Å². The van der Waals surface area contributed by atoms with E-state index < -0.39 is 6.04 Å². The summed E-state index contributed by atoms with van der Waals surface area (Å²) in [6.45, 7) is 0.239. The normalized spacial score (nSPS) is 16.0. The number of hydrogen-bond acceptors (Lipinski definition) is 4. The molecule has 0 saturated heterocycles. The van der Waals surface area contributed by atoms with Gasteiger partial charge in [0.15, 0.2) is 5.43 Å². The summed E-state index contributed by atoms with van der Waals surface area (Å²) < 4.78 is 12.2. The van der Waals surface area contributed by atoms with Gasteiger partial charge in [-0.2, -0.15) is 0 Å². The number of para-hydroxylation sites is 1. The third-order valence-electron chi connectivity index (χ3n) is 4.94. The fourth-order valence-corrected chi connectivity index (χ4v) is 4.14. The van der Waals surface area contributed by atoms with Crippen LogP contribution in [0, 0.1) is 0 Å². The topological polar surface area (TPSA) is 63.7 Å². The second kappa shape index (κ2) is 6.49. The molecule has 1 atom stereocenters. The number of furan rings is 1. The molecule has 4 aromatic rings. The first-order valence-electron chi connectivity index (χ1n) is 8.78. The molecule has 1 aliphatic rings. The van der Waals surface area contributed by atoms with Crippen LogP contribution in [0.25, 0.3) is 11.0 Å². The largest absolute Gasteiger partial charge is 0.467 e. The Labute approximate surface area is 168 Å².